The first-order chi connectivity index (χ1) is 17.5. The number of carboxylic acids is 2. The molecule has 6 rings (SSSR count). The van der Waals surface area contributed by atoms with Crippen molar-refractivity contribution in [2.75, 3.05) is 12.3 Å². The summed E-state index contributed by atoms with van der Waals surface area (Å²) < 4.78 is 12.0. The Kier molecular flexibility index (Phi) is 7.00. The molecule has 4 saturated carbocycles. The fraction of sp³-hybridized carbons (Fsp3) is 0.786. The number of carbonyl (C=O) groups is 2. The largest absolute Gasteiger partial charge is 0.473 e. The van der Waals surface area contributed by atoms with Crippen molar-refractivity contribution in [2.24, 2.45) is 34.3 Å². The second-order valence-electron chi connectivity index (χ2n) is 12.4. The van der Waals surface area contributed by atoms with Gasteiger partial charge in [0.25, 0.3) is 0 Å². The number of nitrogens with two attached hydrogens (primary N) is 1. The van der Waals surface area contributed by atoms with Crippen LogP contribution in [-0.2, 0) is 19.9 Å². The second kappa shape index (κ2) is 9.57. The zero-order valence-corrected chi connectivity index (χ0v) is 22.7. The minimum Gasteiger partial charge on any atom is -0.473 e. The van der Waals surface area contributed by atoms with Gasteiger partial charge in [-0.2, -0.15) is 11.8 Å². The van der Waals surface area contributed by atoms with Crippen LogP contribution in [-0.4, -0.2) is 56.5 Å². The van der Waals surface area contributed by atoms with Gasteiger partial charge in [-0.15, -0.1) is 0 Å². The van der Waals surface area contributed by atoms with E-state index in [0.29, 0.717) is 11.3 Å². The Hall–Kier alpha value is -1.55. The van der Waals surface area contributed by atoms with Crippen molar-refractivity contribution in [1.29, 1.82) is 0 Å². The number of hydrogen-bond acceptors (Lipinski definition) is 7. The molecule has 0 amide bonds. The lowest BCUT2D eigenvalue weighted by Gasteiger charge is -2.62. The summed E-state index contributed by atoms with van der Waals surface area (Å²) in [7, 11) is 0. The number of hydrogen-bond donors (Lipinski definition) is 4. The quantitative estimate of drug-likeness (QED) is 0.247. The maximum absolute atomic E-state index is 12.0. The molecule has 1 saturated heterocycles. The predicted molar refractivity (Wildman–Crippen MR) is 139 cm³/mol. The van der Waals surface area contributed by atoms with E-state index in [9.17, 15) is 5.11 Å². The summed E-state index contributed by atoms with van der Waals surface area (Å²) in [6.07, 6.45) is 14.6. The molecule has 206 valence electrons. The summed E-state index contributed by atoms with van der Waals surface area (Å²) in [6.45, 7) is 5.75. The Bertz CT molecular complexity index is 1010. The minimum atomic E-state index is -1.82. The van der Waals surface area contributed by atoms with Gasteiger partial charge in [-0.1, -0.05) is 13.8 Å². The van der Waals surface area contributed by atoms with E-state index in [-0.39, 0.29) is 17.1 Å². The Morgan fingerprint density at radius 1 is 1.11 bits per heavy atom. The summed E-state index contributed by atoms with van der Waals surface area (Å²) in [6, 6.07) is 1.97. The van der Waals surface area contributed by atoms with Crippen molar-refractivity contribution in [2.45, 2.75) is 94.2 Å². The van der Waals surface area contributed by atoms with Gasteiger partial charge >= 0.3 is 11.9 Å². The number of thioether (sulfide) groups is 1. The van der Waals surface area contributed by atoms with E-state index in [1.54, 1.807) is 12.5 Å². The maximum Gasteiger partial charge on any atom is 0.414 e. The number of rotatable bonds is 5. The fourth-order valence-corrected chi connectivity index (χ4v) is 10.4. The van der Waals surface area contributed by atoms with Gasteiger partial charge in [0.15, 0.2) is 0 Å². The zero-order chi connectivity index (χ0) is 26.6. The Balaban J connectivity index is 0.000000421. The lowest BCUT2D eigenvalue weighted by atomic mass is 9.43. The van der Waals surface area contributed by atoms with Crippen LogP contribution in [0.15, 0.2) is 23.0 Å². The zero-order valence-electron chi connectivity index (χ0n) is 21.9. The van der Waals surface area contributed by atoms with Gasteiger partial charge < -0.3 is 30.2 Å². The van der Waals surface area contributed by atoms with E-state index in [4.69, 9.17) is 34.7 Å². The van der Waals surface area contributed by atoms with Crippen LogP contribution in [0, 0.1) is 28.6 Å². The lowest BCUT2D eigenvalue weighted by molar-refractivity contribution is -0.189. The molecule has 5 aliphatic rings. The van der Waals surface area contributed by atoms with Crippen LogP contribution in [0.3, 0.4) is 0 Å². The van der Waals surface area contributed by atoms with Crippen LogP contribution >= 0.6 is 11.8 Å². The molecule has 1 spiro atoms. The smallest absolute Gasteiger partial charge is 0.414 e. The molecule has 0 bridgehead atoms. The molecule has 1 aliphatic heterocycles. The molecule has 4 aliphatic carbocycles. The SMILES string of the molecule is C[C@]12CC[C@H](SCCCN)C[C@H]1CC[C@@H]1[C@@H]2CC[C@@]2(C)[C@@]13O[C@@H]3C[C@]2(O)c1ccoc1.O=C(O)C(=O)O. The van der Waals surface area contributed by atoms with Gasteiger partial charge in [-0.25, -0.2) is 9.59 Å². The molecule has 0 unspecified atom stereocenters. The van der Waals surface area contributed by atoms with Gasteiger partial charge in [-0.3, -0.25) is 0 Å². The number of aliphatic carboxylic acids is 2. The van der Waals surface area contributed by atoms with Crippen molar-refractivity contribution in [3.63, 3.8) is 0 Å². The highest BCUT2D eigenvalue weighted by atomic mass is 32.2. The van der Waals surface area contributed by atoms with Crippen LogP contribution in [0.2, 0.25) is 0 Å². The first-order valence-electron chi connectivity index (χ1n) is 13.7. The number of fused-ring (bicyclic) bond motifs is 3. The number of carboxylic acid groups (broad SMARTS) is 2. The average molecular weight is 536 g/mol. The topological polar surface area (TPSA) is 147 Å². The molecule has 1 aromatic rings. The second-order valence-corrected chi connectivity index (χ2v) is 13.8. The van der Waals surface area contributed by atoms with Crippen LogP contribution in [0.25, 0.3) is 0 Å². The Morgan fingerprint density at radius 2 is 1.86 bits per heavy atom. The third-order valence-corrected chi connectivity index (χ3v) is 12.5. The molecule has 2 heterocycles. The normalized spacial score (nSPS) is 45.4. The first kappa shape index (κ1) is 27.0. The predicted octanol–water partition coefficient (Wildman–Crippen LogP) is 4.25. The maximum atomic E-state index is 12.0. The van der Waals surface area contributed by atoms with Crippen molar-refractivity contribution >= 4 is 23.7 Å². The monoisotopic (exact) mass is 535 g/mol. The van der Waals surface area contributed by atoms with Crippen LogP contribution in [0.4, 0.5) is 0 Å². The molecule has 9 atom stereocenters. The highest BCUT2D eigenvalue weighted by Crippen LogP contribution is 2.79. The highest BCUT2D eigenvalue weighted by molar-refractivity contribution is 7.99. The molecule has 9 heteroatoms. The number of epoxide rings is 1. The first-order valence-corrected chi connectivity index (χ1v) is 14.8. The number of ether oxygens (including phenoxy) is 1. The third kappa shape index (κ3) is 3.98. The molecule has 8 nitrogen and oxygen atoms in total. The standard InChI is InChI=1S/C26H39NO3S.C2H2O4/c1-23-9-6-19(31-13-3-11-27)14-17(23)4-5-21-20(23)7-10-24(2)25(28,18-8-12-29-16-18)15-22-26(21,24)30-22;3-1(4)2(5)6/h8,12,16-17,19-22,28H,3-7,9-11,13-15,27H2,1-2H3;(H,3,4)(H,5,6)/t17-,19+,20+,21-,22-,23+,24-,25+,26-;/m1./s1. The van der Waals surface area contributed by atoms with Crippen molar-refractivity contribution < 1.29 is 34.1 Å². The summed E-state index contributed by atoms with van der Waals surface area (Å²) in [4.78, 5) is 18.2. The summed E-state index contributed by atoms with van der Waals surface area (Å²) >= 11 is 2.18. The Morgan fingerprint density at radius 3 is 2.51 bits per heavy atom. The van der Waals surface area contributed by atoms with Gasteiger partial charge in [0.1, 0.15) is 11.2 Å². The van der Waals surface area contributed by atoms with Gasteiger partial charge in [-0.05, 0) is 92.9 Å². The number of aliphatic hydroxyl groups is 1. The van der Waals surface area contributed by atoms with Crippen molar-refractivity contribution in [1.82, 2.24) is 0 Å². The number of furan rings is 1. The van der Waals surface area contributed by atoms with Gasteiger partial charge in [0.2, 0.25) is 0 Å². The van der Waals surface area contributed by atoms with Gasteiger partial charge in [0, 0.05) is 22.6 Å². The molecule has 37 heavy (non-hydrogen) atoms. The average Bonchev–Trinajstić information content (AvgIpc) is 3.22. The molecule has 1 aromatic heterocycles. The van der Waals surface area contributed by atoms with Crippen LogP contribution in [0.1, 0.15) is 77.2 Å². The van der Waals surface area contributed by atoms with E-state index in [1.165, 1.54) is 44.3 Å². The van der Waals surface area contributed by atoms with Crippen LogP contribution < -0.4 is 5.73 Å². The summed E-state index contributed by atoms with van der Waals surface area (Å²) in [5.41, 5.74) is 5.96. The fourth-order valence-electron chi connectivity index (χ4n) is 9.10. The molecular formula is C28H41NO7S. The molecule has 0 radical (unpaired) electrons. The molecule has 5 fully saturated rings. The summed E-state index contributed by atoms with van der Waals surface area (Å²) in [5.74, 6) is -0.235. The van der Waals surface area contributed by atoms with Crippen molar-refractivity contribution in [3.05, 3.63) is 24.2 Å². The van der Waals surface area contributed by atoms with E-state index < -0.39 is 17.5 Å². The molecule has 0 aromatic carbocycles. The van der Waals surface area contributed by atoms with Crippen molar-refractivity contribution in [3.8, 4) is 0 Å². The van der Waals surface area contributed by atoms with Crippen LogP contribution in [0.5, 0.6) is 0 Å². The lowest BCUT2D eigenvalue weighted by Crippen LogP contribution is -2.61. The molecule has 5 N–H and O–H groups in total. The highest BCUT2D eigenvalue weighted by Gasteiger charge is 2.84. The Labute approximate surface area is 222 Å². The summed E-state index contributed by atoms with van der Waals surface area (Å²) in [5, 5.41) is 27.6. The third-order valence-electron chi connectivity index (χ3n) is 11.0. The minimum absolute atomic E-state index is 0.122. The van der Waals surface area contributed by atoms with E-state index in [1.807, 2.05) is 6.07 Å². The molecular weight excluding hydrogens is 494 g/mol. The van der Waals surface area contributed by atoms with E-state index in [0.717, 1.165) is 48.5 Å². The van der Waals surface area contributed by atoms with Gasteiger partial charge in [0.05, 0.1) is 18.6 Å². The van der Waals surface area contributed by atoms with E-state index >= 15 is 0 Å². The van der Waals surface area contributed by atoms with E-state index in [2.05, 4.69) is 25.6 Å².